The zero-order valence-corrected chi connectivity index (χ0v) is 26.5. The van der Waals surface area contributed by atoms with Crippen LogP contribution in [0.4, 0.5) is 13.2 Å². The van der Waals surface area contributed by atoms with Gasteiger partial charge in [0.2, 0.25) is 5.88 Å². The third kappa shape index (κ3) is 7.23. The fraction of sp³-hybridized carbons (Fsp3) is 0.250. The van der Waals surface area contributed by atoms with E-state index < -0.39 is 29.2 Å². The van der Waals surface area contributed by atoms with Crippen molar-refractivity contribution in [1.29, 1.82) is 10.5 Å². The fourth-order valence-corrected chi connectivity index (χ4v) is 5.90. The molecule has 0 saturated carbocycles. The van der Waals surface area contributed by atoms with Crippen molar-refractivity contribution in [3.05, 3.63) is 104 Å². The maximum absolute atomic E-state index is 14.2. The van der Waals surface area contributed by atoms with Crippen LogP contribution in [0.2, 0.25) is 10.0 Å². The first-order valence-electron chi connectivity index (χ1n) is 13.5. The van der Waals surface area contributed by atoms with Gasteiger partial charge in [0.1, 0.15) is 28.5 Å². The molecule has 0 spiro atoms. The summed E-state index contributed by atoms with van der Waals surface area (Å²) in [6.45, 7) is 5.65. The monoisotopic (exact) mass is 672 g/mol. The number of ether oxygens (including phenoxy) is 2. The molecule has 1 unspecified atom stereocenters. The Hall–Kier alpha value is -4.16. The highest BCUT2D eigenvalue weighted by molar-refractivity contribution is 7.99. The first kappa shape index (κ1) is 33.7. The van der Waals surface area contributed by atoms with E-state index in [2.05, 4.69) is 4.98 Å². The van der Waals surface area contributed by atoms with Gasteiger partial charge in [-0.3, -0.25) is 0 Å². The second kappa shape index (κ2) is 13.9. The predicted molar refractivity (Wildman–Crippen MR) is 165 cm³/mol. The fourth-order valence-electron chi connectivity index (χ4n) is 4.66. The maximum Gasteiger partial charge on any atom is 0.417 e. The molecule has 0 aliphatic carbocycles. The molecule has 45 heavy (non-hydrogen) atoms. The van der Waals surface area contributed by atoms with Crippen molar-refractivity contribution in [3.63, 3.8) is 0 Å². The van der Waals surface area contributed by atoms with E-state index >= 15 is 0 Å². The minimum absolute atomic E-state index is 0.00359. The molecule has 1 aliphatic heterocycles. The number of nitriles is 2. The Balaban J connectivity index is 1.86. The molecule has 2 N–H and O–H groups in total. The van der Waals surface area contributed by atoms with Crippen LogP contribution < -0.4 is 5.73 Å². The second-order valence-electron chi connectivity index (χ2n) is 10.1. The molecule has 13 heteroatoms. The van der Waals surface area contributed by atoms with Crippen molar-refractivity contribution in [2.24, 2.45) is 5.73 Å². The Morgan fingerprint density at radius 1 is 1.11 bits per heavy atom. The lowest BCUT2D eigenvalue weighted by molar-refractivity contribution is -0.139. The largest absolute Gasteiger partial charge is 0.463 e. The number of carbonyl (C=O) groups excluding carboxylic acids is 1. The van der Waals surface area contributed by atoms with Gasteiger partial charge in [-0.1, -0.05) is 79.1 Å². The number of rotatable bonds is 8. The minimum atomic E-state index is -4.90. The zero-order chi connectivity index (χ0) is 33.1. The molecule has 232 valence electrons. The van der Waals surface area contributed by atoms with E-state index in [0.29, 0.717) is 5.56 Å². The van der Waals surface area contributed by atoms with Crippen molar-refractivity contribution in [2.75, 3.05) is 12.4 Å². The Morgan fingerprint density at radius 2 is 1.80 bits per heavy atom. The van der Waals surface area contributed by atoms with E-state index in [1.807, 2.05) is 32.0 Å². The summed E-state index contributed by atoms with van der Waals surface area (Å²) in [7, 11) is 0. The molecule has 4 rings (SSSR count). The number of aromatic nitrogens is 1. The van der Waals surface area contributed by atoms with Gasteiger partial charge in [0.25, 0.3) is 0 Å². The van der Waals surface area contributed by atoms with E-state index in [9.17, 15) is 28.5 Å². The topological polar surface area (TPSA) is 122 Å². The second-order valence-corrected chi connectivity index (χ2v) is 11.8. The number of thioether (sulfide) groups is 1. The highest BCUT2D eigenvalue weighted by Crippen LogP contribution is 2.43. The number of esters is 1. The average Bonchev–Trinajstić information content (AvgIpc) is 3.00. The van der Waals surface area contributed by atoms with Crippen molar-refractivity contribution in [1.82, 2.24) is 4.98 Å². The molecule has 0 amide bonds. The quantitative estimate of drug-likeness (QED) is 0.187. The average molecular weight is 674 g/mol. The molecule has 1 atom stereocenters. The molecule has 0 saturated heterocycles. The molecule has 1 aliphatic rings. The van der Waals surface area contributed by atoms with Gasteiger partial charge in [-0.25, -0.2) is 9.78 Å². The molecule has 0 fully saturated rings. The number of alkyl halides is 3. The normalized spacial score (nSPS) is 15.0. The SMILES string of the molecule is CCOC(=O)C1=C(CSc2nc(-c3ccc(Cl)c(Cl)c3)cc(C(F)(F)F)c2C#N)OC(N)=C(C#N)C1c1ccc(C(C)C)cc1. The number of benzene rings is 2. The van der Waals surface area contributed by atoms with Gasteiger partial charge in [-0.2, -0.15) is 23.7 Å². The Labute approximate surface area is 272 Å². The summed E-state index contributed by atoms with van der Waals surface area (Å²) < 4.78 is 53.6. The Morgan fingerprint density at radius 3 is 2.36 bits per heavy atom. The van der Waals surface area contributed by atoms with Crippen LogP contribution in [0.1, 0.15) is 54.9 Å². The summed E-state index contributed by atoms with van der Waals surface area (Å²) in [6.07, 6.45) is -4.90. The summed E-state index contributed by atoms with van der Waals surface area (Å²) in [4.78, 5) is 17.7. The molecule has 7 nitrogen and oxygen atoms in total. The summed E-state index contributed by atoms with van der Waals surface area (Å²) >= 11 is 12.8. The predicted octanol–water partition coefficient (Wildman–Crippen LogP) is 8.49. The van der Waals surface area contributed by atoms with Gasteiger partial charge in [-0.15, -0.1) is 0 Å². The lowest BCUT2D eigenvalue weighted by atomic mass is 9.82. The van der Waals surface area contributed by atoms with Gasteiger partial charge in [0, 0.05) is 5.56 Å². The van der Waals surface area contributed by atoms with Gasteiger partial charge in [0.05, 0.1) is 50.7 Å². The number of pyridine rings is 1. The summed E-state index contributed by atoms with van der Waals surface area (Å²) in [6, 6.07) is 15.9. The van der Waals surface area contributed by atoms with E-state index in [-0.39, 0.29) is 67.4 Å². The maximum atomic E-state index is 14.2. The van der Waals surface area contributed by atoms with Crippen molar-refractivity contribution < 1.29 is 27.4 Å². The highest BCUT2D eigenvalue weighted by Gasteiger charge is 2.39. The zero-order valence-electron chi connectivity index (χ0n) is 24.1. The van der Waals surface area contributed by atoms with Gasteiger partial charge < -0.3 is 15.2 Å². The van der Waals surface area contributed by atoms with Crippen LogP contribution in [-0.2, 0) is 20.4 Å². The van der Waals surface area contributed by atoms with Crippen LogP contribution in [-0.4, -0.2) is 23.3 Å². The molecule has 3 aromatic rings. The first-order valence-corrected chi connectivity index (χ1v) is 15.2. The van der Waals surface area contributed by atoms with E-state index in [1.54, 1.807) is 25.1 Å². The smallest absolute Gasteiger partial charge is 0.417 e. The third-order valence-electron chi connectivity index (χ3n) is 6.89. The summed E-state index contributed by atoms with van der Waals surface area (Å²) in [5, 5.41) is 19.8. The molecule has 0 bridgehead atoms. The Kier molecular flexibility index (Phi) is 10.4. The number of carbonyl (C=O) groups is 1. The molecule has 0 radical (unpaired) electrons. The van der Waals surface area contributed by atoms with Gasteiger partial charge in [-0.05, 0) is 42.2 Å². The van der Waals surface area contributed by atoms with Crippen LogP contribution in [0.25, 0.3) is 11.3 Å². The number of allylic oxidation sites excluding steroid dienone is 1. The molecular formula is C32H25Cl2F3N4O3S. The van der Waals surface area contributed by atoms with E-state index in [1.165, 1.54) is 18.2 Å². The van der Waals surface area contributed by atoms with Crippen LogP contribution in [0, 0.1) is 22.7 Å². The Bertz CT molecular complexity index is 1790. The van der Waals surface area contributed by atoms with E-state index in [0.717, 1.165) is 23.4 Å². The first-order chi connectivity index (χ1) is 21.3. The number of halogens is 5. The lowest BCUT2D eigenvalue weighted by Crippen LogP contribution is -2.27. The third-order valence-corrected chi connectivity index (χ3v) is 8.60. The molecule has 1 aromatic heterocycles. The summed E-state index contributed by atoms with van der Waals surface area (Å²) in [5.74, 6) is -2.14. The van der Waals surface area contributed by atoms with Crippen LogP contribution in [0.3, 0.4) is 0 Å². The highest BCUT2D eigenvalue weighted by atomic mass is 35.5. The van der Waals surface area contributed by atoms with Crippen molar-refractivity contribution in [2.45, 2.75) is 43.8 Å². The van der Waals surface area contributed by atoms with Crippen LogP contribution >= 0.6 is 35.0 Å². The molecular weight excluding hydrogens is 648 g/mol. The number of hydrogen-bond acceptors (Lipinski definition) is 8. The lowest BCUT2D eigenvalue weighted by Gasteiger charge is -2.28. The van der Waals surface area contributed by atoms with Gasteiger partial charge in [0.15, 0.2) is 0 Å². The van der Waals surface area contributed by atoms with Crippen LogP contribution in [0.15, 0.2) is 76.3 Å². The molecule has 2 aromatic carbocycles. The standard InChI is InChI=1S/C32H25Cl2F3N4O3S/c1-4-43-31(42)28-26(44-29(40)21(14-39)27(28)18-7-5-17(6-8-18)16(2)3)15-45-30-20(13-38)22(32(35,36)37)12-25(41-30)19-9-10-23(33)24(34)11-19/h5-12,16,27H,4,15,40H2,1-3H3. The minimum Gasteiger partial charge on any atom is -0.463 e. The van der Waals surface area contributed by atoms with Crippen molar-refractivity contribution in [3.8, 4) is 23.4 Å². The number of nitrogens with two attached hydrogens (primary N) is 1. The number of hydrogen-bond donors (Lipinski definition) is 1. The summed E-state index contributed by atoms with van der Waals surface area (Å²) in [5.41, 5.74) is 5.87. The van der Waals surface area contributed by atoms with Gasteiger partial charge >= 0.3 is 12.1 Å². The number of nitrogens with zero attached hydrogens (tertiary/aromatic N) is 3. The van der Waals surface area contributed by atoms with Crippen molar-refractivity contribution >= 4 is 40.9 Å². The van der Waals surface area contributed by atoms with Crippen LogP contribution in [0.5, 0.6) is 0 Å². The molecule has 2 heterocycles. The van der Waals surface area contributed by atoms with E-state index in [4.69, 9.17) is 38.4 Å².